The van der Waals surface area contributed by atoms with Gasteiger partial charge in [-0.15, -0.1) is 0 Å². The fourth-order valence-corrected chi connectivity index (χ4v) is 19.2. The van der Waals surface area contributed by atoms with E-state index in [2.05, 4.69) is 53.7 Å². The van der Waals surface area contributed by atoms with Crippen molar-refractivity contribution >= 4 is 46.9 Å². The van der Waals surface area contributed by atoms with Gasteiger partial charge in [-0.25, -0.2) is 9.80 Å². The molecular formula is C54H67N2NaO8. The SMILES string of the molecule is CC(C)C1=CC23CCC4C(C)(C(=O)[O-])CCCC4(C)C2CC1C1C(=O)N(c2ccccc2N2C(=O)C4C5CC6C7(C)CCCC(C)(C(=O)O)C7CCC6(C=C5C(C)C)C4C2=O)C(=O)C13.[Na+]. The number of allylic oxidation sites excluding steroid dienone is 4. The first kappa shape index (κ1) is 45.7. The molecule has 13 rings (SSSR count). The summed E-state index contributed by atoms with van der Waals surface area (Å²) in [7, 11) is 0. The van der Waals surface area contributed by atoms with E-state index in [1.165, 1.54) is 20.9 Å². The third kappa shape index (κ3) is 5.40. The predicted molar refractivity (Wildman–Crippen MR) is 238 cm³/mol. The predicted octanol–water partition coefficient (Wildman–Crippen LogP) is 5.39. The van der Waals surface area contributed by atoms with Crippen molar-refractivity contribution < 1.29 is 68.5 Å². The molecule has 11 heteroatoms. The van der Waals surface area contributed by atoms with Gasteiger partial charge >= 0.3 is 35.5 Å². The Hall–Kier alpha value is -3.08. The van der Waals surface area contributed by atoms with E-state index in [1.54, 1.807) is 24.3 Å². The molecule has 1 aromatic carbocycles. The Morgan fingerprint density at radius 2 is 1.02 bits per heavy atom. The van der Waals surface area contributed by atoms with Gasteiger partial charge in [0, 0.05) is 22.2 Å². The van der Waals surface area contributed by atoms with Crippen LogP contribution in [0.4, 0.5) is 11.4 Å². The first-order valence-electron chi connectivity index (χ1n) is 24.9. The normalized spacial score (nSPS) is 46.7. The van der Waals surface area contributed by atoms with E-state index < -0.39 is 57.3 Å². The third-order valence-electron chi connectivity index (χ3n) is 21.7. The summed E-state index contributed by atoms with van der Waals surface area (Å²) in [5.41, 5.74) is -0.718. The summed E-state index contributed by atoms with van der Waals surface area (Å²) < 4.78 is 0. The van der Waals surface area contributed by atoms with Crippen molar-refractivity contribution in [3.8, 4) is 0 Å². The van der Waals surface area contributed by atoms with Crippen LogP contribution in [0.2, 0.25) is 0 Å². The summed E-state index contributed by atoms with van der Waals surface area (Å²) in [5.74, 6) is -5.31. The first-order chi connectivity index (χ1) is 30.1. The maximum Gasteiger partial charge on any atom is 1.00 e. The number of rotatable bonds is 6. The van der Waals surface area contributed by atoms with Gasteiger partial charge in [0.2, 0.25) is 23.6 Å². The van der Waals surface area contributed by atoms with Gasteiger partial charge in [0.25, 0.3) is 0 Å². The van der Waals surface area contributed by atoms with Crippen LogP contribution in [0.15, 0.2) is 47.6 Å². The van der Waals surface area contributed by atoms with Crippen molar-refractivity contribution in [1.29, 1.82) is 0 Å². The summed E-state index contributed by atoms with van der Waals surface area (Å²) in [4.78, 5) is 90.4. The molecule has 8 fully saturated rings. The molecule has 10 nitrogen and oxygen atoms in total. The number of hydrogen-bond acceptors (Lipinski definition) is 7. The average Bonchev–Trinajstić information content (AvgIpc) is 3.69. The second-order valence-electron chi connectivity index (χ2n) is 24.5. The van der Waals surface area contributed by atoms with Gasteiger partial charge in [-0.1, -0.05) is 96.7 Å². The smallest absolute Gasteiger partial charge is 0.550 e. The quantitative estimate of drug-likeness (QED) is 0.227. The maximum atomic E-state index is 15.6. The standard InChI is InChI=1S/C54H68N2O8.Na/c1-27(2)31-25-53-21-15-35-49(5,17-11-19-51(35,7)47(61)62)37(53)23-29(31)39-41(53)45(59)55(43(39)57)33-13-9-10-14-34(33)56-44(58)40-30-24-38-50(6)18-12-20-52(8,48(63)64)36(50)16-22-54(38,42(40)46(56)60)26-32(30)28(3)4;/h9-10,13-14,25-30,35-42H,11-12,15-24H2,1-8H3,(H,61,62)(H,63,64);/q;+1/p-1. The van der Waals surface area contributed by atoms with E-state index in [0.717, 1.165) is 38.5 Å². The Morgan fingerprint density at radius 1 is 0.615 bits per heavy atom. The van der Waals surface area contributed by atoms with E-state index in [0.29, 0.717) is 38.5 Å². The molecule has 2 aliphatic heterocycles. The summed E-state index contributed by atoms with van der Waals surface area (Å²) >= 11 is 0. The average molecular weight is 895 g/mol. The molecule has 10 aliphatic carbocycles. The summed E-state index contributed by atoms with van der Waals surface area (Å²) in [6.07, 6.45) is 13.4. The number of fused-ring (bicyclic) bond motifs is 2. The fourth-order valence-electron chi connectivity index (χ4n) is 19.2. The second-order valence-corrected chi connectivity index (χ2v) is 24.5. The molecule has 12 aliphatic rings. The molecule has 2 heterocycles. The third-order valence-corrected chi connectivity index (χ3v) is 21.7. The van der Waals surface area contributed by atoms with Crippen LogP contribution in [0.1, 0.15) is 132 Å². The molecule has 342 valence electrons. The number of nitrogens with zero attached hydrogens (tertiary/aromatic N) is 2. The molecule has 4 amide bonds. The van der Waals surface area contributed by atoms with Crippen LogP contribution >= 0.6 is 0 Å². The minimum Gasteiger partial charge on any atom is -0.550 e. The van der Waals surface area contributed by atoms with Crippen molar-refractivity contribution in [2.24, 2.45) is 104 Å². The Bertz CT molecular complexity index is 2240. The molecule has 0 radical (unpaired) electrons. The molecular weight excluding hydrogens is 828 g/mol. The number of carboxylic acid groups (broad SMARTS) is 2. The number of hydrogen-bond donors (Lipinski definition) is 1. The fraction of sp³-hybridized carbons (Fsp3) is 0.704. The molecule has 1 N–H and O–H groups in total. The van der Waals surface area contributed by atoms with Crippen molar-refractivity contribution in [3.63, 3.8) is 0 Å². The monoisotopic (exact) mass is 894 g/mol. The van der Waals surface area contributed by atoms with Gasteiger partial charge in [-0.3, -0.25) is 24.0 Å². The Labute approximate surface area is 406 Å². The Kier molecular flexibility index (Phi) is 10.2. The van der Waals surface area contributed by atoms with Gasteiger partial charge < -0.3 is 15.0 Å². The van der Waals surface area contributed by atoms with E-state index >= 15 is 19.2 Å². The molecule has 2 spiro atoms. The summed E-state index contributed by atoms with van der Waals surface area (Å²) in [5, 5.41) is 23.5. The van der Waals surface area contributed by atoms with Gasteiger partial charge in [-0.2, -0.15) is 0 Å². The Morgan fingerprint density at radius 3 is 1.40 bits per heavy atom. The van der Waals surface area contributed by atoms with Crippen molar-refractivity contribution in [3.05, 3.63) is 47.6 Å². The zero-order valence-corrected chi connectivity index (χ0v) is 42.1. The van der Waals surface area contributed by atoms with E-state index in [9.17, 15) is 19.8 Å². The number of anilines is 2. The minimum absolute atomic E-state index is 0. The summed E-state index contributed by atoms with van der Waals surface area (Å²) in [6.45, 7) is 17.0. The minimum atomic E-state index is -0.992. The summed E-state index contributed by atoms with van der Waals surface area (Å²) in [6, 6.07) is 7.03. The number of imide groups is 2. The molecule has 16 unspecified atom stereocenters. The topological polar surface area (TPSA) is 152 Å². The number of benzene rings is 1. The van der Waals surface area contributed by atoms with Crippen molar-refractivity contribution in [2.75, 3.05) is 9.80 Å². The second kappa shape index (κ2) is 14.5. The van der Waals surface area contributed by atoms with Crippen molar-refractivity contribution in [1.82, 2.24) is 0 Å². The van der Waals surface area contributed by atoms with Crippen LogP contribution in [0, 0.1) is 104 Å². The zero-order valence-electron chi connectivity index (χ0n) is 40.1. The number of para-hydroxylation sites is 2. The zero-order chi connectivity index (χ0) is 45.6. The number of carbonyl (C=O) groups is 6. The van der Waals surface area contributed by atoms with Gasteiger partial charge in [-0.05, 0) is 141 Å². The number of aliphatic carboxylic acids is 2. The molecule has 0 aromatic heterocycles. The van der Waals surface area contributed by atoms with Crippen LogP contribution < -0.4 is 44.5 Å². The first-order valence-corrected chi connectivity index (χ1v) is 24.9. The largest absolute Gasteiger partial charge is 1.00 e. The molecule has 6 saturated carbocycles. The number of carbonyl (C=O) groups excluding carboxylic acids is 5. The Balaban J connectivity index is 0.00000498. The molecule has 1 aromatic rings. The van der Waals surface area contributed by atoms with Gasteiger partial charge in [0.05, 0.1) is 40.5 Å². The van der Waals surface area contributed by atoms with Crippen LogP contribution in [0.5, 0.6) is 0 Å². The molecule has 2 saturated heterocycles. The number of carboxylic acids is 2. The molecule has 16 atom stereocenters. The van der Waals surface area contributed by atoms with Gasteiger partial charge in [0.15, 0.2) is 0 Å². The van der Waals surface area contributed by atoms with Gasteiger partial charge in [0.1, 0.15) is 0 Å². The van der Waals surface area contributed by atoms with Crippen LogP contribution in [-0.4, -0.2) is 40.7 Å². The molecule has 65 heavy (non-hydrogen) atoms. The van der Waals surface area contributed by atoms with E-state index in [4.69, 9.17) is 0 Å². The maximum absolute atomic E-state index is 15.6. The number of amides is 4. The van der Waals surface area contributed by atoms with Crippen LogP contribution in [0.3, 0.4) is 0 Å². The molecule has 4 bridgehead atoms. The van der Waals surface area contributed by atoms with E-state index in [1.807, 2.05) is 13.8 Å². The van der Waals surface area contributed by atoms with Crippen molar-refractivity contribution in [2.45, 2.75) is 132 Å². The van der Waals surface area contributed by atoms with Crippen LogP contribution in [0.25, 0.3) is 0 Å². The van der Waals surface area contributed by atoms with Crippen LogP contribution in [-0.2, 0) is 28.8 Å². The van der Waals surface area contributed by atoms with E-state index in [-0.39, 0.29) is 123 Å².